The van der Waals surface area contributed by atoms with Crippen molar-refractivity contribution in [3.05, 3.63) is 88.8 Å². The van der Waals surface area contributed by atoms with Crippen LogP contribution in [0.5, 0.6) is 5.75 Å². The van der Waals surface area contributed by atoms with Gasteiger partial charge in [-0.15, -0.1) is 0 Å². The first-order valence-corrected chi connectivity index (χ1v) is 15.1. The molecular formula is C35H39N5O7. The summed E-state index contributed by atoms with van der Waals surface area (Å²) in [5, 5.41) is 10.4. The van der Waals surface area contributed by atoms with Crippen LogP contribution in [0.15, 0.2) is 55.1 Å². The van der Waals surface area contributed by atoms with E-state index in [0.717, 1.165) is 12.8 Å². The molecule has 1 saturated carbocycles. The molecule has 1 heterocycles. The second-order valence-electron chi connectivity index (χ2n) is 11.6. The molecule has 1 atom stereocenters. The van der Waals surface area contributed by atoms with Gasteiger partial charge in [-0.05, 0) is 60.1 Å². The number of ether oxygens (including phenoxy) is 3. The molecule has 47 heavy (non-hydrogen) atoms. The van der Waals surface area contributed by atoms with E-state index >= 15 is 0 Å². The number of amides is 1. The fourth-order valence-corrected chi connectivity index (χ4v) is 4.66. The van der Waals surface area contributed by atoms with E-state index in [9.17, 15) is 19.2 Å². The Labute approximate surface area is 273 Å². The Kier molecular flexibility index (Phi) is 11.2. The topological polar surface area (TPSA) is 197 Å². The molecule has 1 fully saturated rings. The van der Waals surface area contributed by atoms with Crippen LogP contribution >= 0.6 is 0 Å². The Hall–Kier alpha value is -5.36. The highest BCUT2D eigenvalue weighted by Gasteiger charge is 2.27. The molecule has 1 aromatic heterocycles. The number of hydrogen-bond donors (Lipinski definition) is 4. The zero-order chi connectivity index (χ0) is 34.2. The maximum absolute atomic E-state index is 13.9. The van der Waals surface area contributed by atoms with Gasteiger partial charge in [-0.25, -0.2) is 9.78 Å². The molecule has 0 saturated heterocycles. The summed E-state index contributed by atoms with van der Waals surface area (Å²) in [6, 6.07) is 12.0. The van der Waals surface area contributed by atoms with Gasteiger partial charge >= 0.3 is 11.9 Å². The van der Waals surface area contributed by atoms with Crippen molar-refractivity contribution in [1.82, 2.24) is 10.3 Å². The van der Waals surface area contributed by atoms with Crippen molar-refractivity contribution >= 4 is 35.5 Å². The third-order valence-electron chi connectivity index (χ3n) is 7.76. The number of amidine groups is 1. The van der Waals surface area contributed by atoms with Crippen LogP contribution in [0.25, 0.3) is 17.2 Å². The Morgan fingerprint density at radius 1 is 1.06 bits per heavy atom. The van der Waals surface area contributed by atoms with Crippen molar-refractivity contribution in [2.75, 3.05) is 20.4 Å². The van der Waals surface area contributed by atoms with Gasteiger partial charge in [-0.1, -0.05) is 50.8 Å². The Morgan fingerprint density at radius 3 is 2.36 bits per heavy atom. The lowest BCUT2D eigenvalue weighted by molar-refractivity contribution is -0.154. The molecule has 4 rings (SSSR count). The highest BCUT2D eigenvalue weighted by Crippen LogP contribution is 2.35. The number of carbonyl (C=O) groups is 4. The molecule has 1 amide bonds. The van der Waals surface area contributed by atoms with Gasteiger partial charge in [-0.3, -0.25) is 19.8 Å². The molecule has 12 nitrogen and oxygen atoms in total. The number of nitrogens with zero attached hydrogens (tertiary/aromatic N) is 1. The number of carbonyl (C=O) groups excluding carboxylic acids is 4. The van der Waals surface area contributed by atoms with Crippen LogP contribution < -0.4 is 21.5 Å². The van der Waals surface area contributed by atoms with Gasteiger partial charge in [-0.2, -0.15) is 0 Å². The summed E-state index contributed by atoms with van der Waals surface area (Å²) in [7, 11) is 1.46. The summed E-state index contributed by atoms with van der Waals surface area (Å²) in [4.78, 5) is 56.9. The van der Waals surface area contributed by atoms with Crippen molar-refractivity contribution in [3.63, 3.8) is 0 Å². The van der Waals surface area contributed by atoms with Crippen molar-refractivity contribution in [1.29, 1.82) is 5.41 Å². The summed E-state index contributed by atoms with van der Waals surface area (Å²) in [6.45, 7) is 7.08. The molecule has 0 aliphatic heterocycles. The van der Waals surface area contributed by atoms with Crippen molar-refractivity contribution in [2.45, 2.75) is 39.2 Å². The lowest BCUT2D eigenvalue weighted by Crippen LogP contribution is -2.37. The molecule has 0 bridgehead atoms. The number of hydrogen-bond acceptors (Lipinski definition) is 10. The van der Waals surface area contributed by atoms with E-state index in [1.165, 1.54) is 25.3 Å². The Balaban J connectivity index is 1.75. The quantitative estimate of drug-likeness (QED) is 0.0621. The molecule has 0 radical (unpaired) electrons. The third kappa shape index (κ3) is 8.67. The minimum Gasteiger partial charge on any atom is -0.496 e. The first-order chi connectivity index (χ1) is 22.4. The molecule has 1 aliphatic carbocycles. The molecule has 12 heteroatoms. The molecule has 0 unspecified atom stereocenters. The summed E-state index contributed by atoms with van der Waals surface area (Å²) >= 11 is 0. The number of pyridine rings is 1. The lowest BCUT2D eigenvalue weighted by Gasteiger charge is -2.17. The van der Waals surface area contributed by atoms with Gasteiger partial charge in [0.25, 0.3) is 5.91 Å². The van der Waals surface area contributed by atoms with Gasteiger partial charge in [0.1, 0.15) is 23.3 Å². The highest BCUT2D eigenvalue weighted by molar-refractivity contribution is 6.07. The van der Waals surface area contributed by atoms with Gasteiger partial charge in [0.15, 0.2) is 11.5 Å². The van der Waals surface area contributed by atoms with E-state index < -0.39 is 30.7 Å². The van der Waals surface area contributed by atoms with Crippen LogP contribution in [0.4, 0.5) is 0 Å². The van der Waals surface area contributed by atoms with E-state index in [2.05, 4.69) is 16.9 Å². The average molecular weight is 642 g/mol. The van der Waals surface area contributed by atoms with Crippen LogP contribution in [0.2, 0.25) is 0 Å². The monoisotopic (exact) mass is 641 g/mol. The summed E-state index contributed by atoms with van der Waals surface area (Å²) in [5.74, 6) is -2.02. The largest absolute Gasteiger partial charge is 0.496 e. The smallest absolute Gasteiger partial charge is 0.360 e. The highest BCUT2D eigenvalue weighted by atomic mass is 16.7. The minimum absolute atomic E-state index is 0.0188. The molecule has 6 N–H and O–H groups in total. The second-order valence-corrected chi connectivity index (χ2v) is 11.6. The number of esters is 2. The predicted octanol–water partition coefficient (Wildman–Crippen LogP) is 3.89. The first-order valence-electron chi connectivity index (χ1n) is 15.1. The number of benzene rings is 2. The molecule has 0 spiro atoms. The Morgan fingerprint density at radius 2 is 1.77 bits per heavy atom. The molecule has 2 aromatic carbocycles. The third-order valence-corrected chi connectivity index (χ3v) is 7.76. The van der Waals surface area contributed by atoms with E-state index in [1.54, 1.807) is 50.2 Å². The van der Waals surface area contributed by atoms with Crippen molar-refractivity contribution in [3.8, 4) is 16.9 Å². The number of rotatable bonds is 15. The fraction of sp³-hybridized carbons (Fsp3) is 0.314. The molecule has 1 aliphatic rings. The number of nitrogens with two attached hydrogens (primary N) is 2. The van der Waals surface area contributed by atoms with Crippen LogP contribution in [0.3, 0.4) is 0 Å². The first kappa shape index (κ1) is 34.5. The molecule has 3 aromatic rings. The molecular weight excluding hydrogens is 602 g/mol. The zero-order valence-electron chi connectivity index (χ0n) is 26.6. The van der Waals surface area contributed by atoms with Gasteiger partial charge in [0.2, 0.25) is 6.79 Å². The average Bonchev–Trinajstić information content (AvgIpc) is 3.90. The zero-order valence-corrected chi connectivity index (χ0v) is 26.6. The second kappa shape index (κ2) is 15.3. The van der Waals surface area contributed by atoms with Crippen LogP contribution in [0, 0.1) is 17.2 Å². The van der Waals surface area contributed by atoms with Gasteiger partial charge < -0.3 is 31.0 Å². The molecule has 246 valence electrons. The van der Waals surface area contributed by atoms with Gasteiger partial charge in [0, 0.05) is 35.2 Å². The van der Waals surface area contributed by atoms with Crippen LogP contribution in [-0.2, 0) is 20.7 Å². The van der Waals surface area contributed by atoms with Crippen molar-refractivity contribution in [2.24, 2.45) is 23.3 Å². The standard InChI is InChI=1S/C35H39N5O7/c1-5-22-15-26(28(41)14-20-8-10-23(11-9-20)32(37)38)25(16-29(22)45-4)24-12-13-27(33(42)39-17-21-6-7-21)40-31(24)35(44)47-18-46-34(43)30(36)19(2)3/h5,8-13,15-16,19,21,30H,1,6-7,14,17-18,36H2,2-4H3,(H3,37,38)(H,39,42)/t30-/m0/s1. The number of nitrogens with one attached hydrogen (secondary N) is 2. The van der Waals surface area contributed by atoms with E-state index in [-0.39, 0.29) is 46.5 Å². The van der Waals surface area contributed by atoms with E-state index in [4.69, 9.17) is 31.1 Å². The summed E-state index contributed by atoms with van der Waals surface area (Å²) < 4.78 is 15.9. The predicted molar refractivity (Wildman–Crippen MR) is 176 cm³/mol. The van der Waals surface area contributed by atoms with Gasteiger partial charge in [0.05, 0.1) is 7.11 Å². The number of nitrogen functional groups attached to an aromatic ring is 1. The lowest BCUT2D eigenvalue weighted by atomic mass is 9.90. The number of aromatic nitrogens is 1. The summed E-state index contributed by atoms with van der Waals surface area (Å²) in [6.07, 6.45) is 3.58. The Bertz CT molecular complexity index is 1700. The fourth-order valence-electron chi connectivity index (χ4n) is 4.66. The summed E-state index contributed by atoms with van der Waals surface area (Å²) in [5.41, 5.74) is 13.5. The maximum atomic E-state index is 13.9. The SMILES string of the molecule is C=Cc1cc(C(=O)Cc2ccc(C(=N)N)cc2)c(-c2ccc(C(=O)NCC3CC3)nc2C(=O)OCOC(=O)[C@@H](N)C(C)C)cc1OC. The normalized spacial score (nSPS) is 13.0. The number of Topliss-reactive ketones (excluding diaryl/α,β-unsaturated/α-hetero) is 1. The minimum atomic E-state index is -0.993. The van der Waals surface area contributed by atoms with Crippen molar-refractivity contribution < 1.29 is 33.4 Å². The van der Waals surface area contributed by atoms with E-state index in [0.29, 0.717) is 40.5 Å². The van der Waals surface area contributed by atoms with Crippen LogP contribution in [0.1, 0.15) is 74.7 Å². The maximum Gasteiger partial charge on any atom is 0.360 e. The van der Waals surface area contributed by atoms with E-state index in [1.807, 2.05) is 0 Å². The van der Waals surface area contributed by atoms with Crippen LogP contribution in [-0.4, -0.2) is 60.9 Å². The number of ketones is 1. The number of methoxy groups -OCH3 is 1.